The lowest BCUT2D eigenvalue weighted by atomic mass is 10.1. The van der Waals surface area contributed by atoms with E-state index in [9.17, 15) is 0 Å². The van der Waals surface area contributed by atoms with E-state index in [1.54, 1.807) is 7.11 Å². The van der Waals surface area contributed by atoms with E-state index in [1.807, 2.05) is 24.3 Å². The maximum Gasteiger partial charge on any atom is 0.171 e. The summed E-state index contributed by atoms with van der Waals surface area (Å²) in [5.74, 6) is 0.802. The van der Waals surface area contributed by atoms with Crippen LogP contribution in [-0.2, 0) is 6.42 Å². The number of nitrogens with one attached hydrogen (secondary N) is 2. The number of anilines is 1. The number of methoxy groups -OCH3 is 1. The molecule has 4 heteroatoms. The van der Waals surface area contributed by atoms with Gasteiger partial charge in [0.25, 0.3) is 0 Å². The molecule has 0 saturated heterocycles. The predicted molar refractivity (Wildman–Crippen MR) is 96.6 cm³/mol. The molecular weight excluding hydrogens is 292 g/mol. The van der Waals surface area contributed by atoms with Crippen molar-refractivity contribution in [1.82, 2.24) is 5.32 Å². The molecule has 116 valence electrons. The van der Waals surface area contributed by atoms with Crippen LogP contribution in [0.3, 0.4) is 0 Å². The molecule has 0 aliphatic carbocycles. The third-order valence-electron chi connectivity index (χ3n) is 3.56. The third kappa shape index (κ3) is 4.46. The zero-order valence-corrected chi connectivity index (χ0v) is 14.0. The number of hydrogen-bond donors (Lipinski definition) is 2. The second-order valence-corrected chi connectivity index (χ2v) is 5.56. The highest BCUT2D eigenvalue weighted by Crippen LogP contribution is 2.18. The lowest BCUT2D eigenvalue weighted by molar-refractivity contribution is 0.415. The van der Waals surface area contributed by atoms with Gasteiger partial charge < -0.3 is 15.4 Å². The fourth-order valence-electron chi connectivity index (χ4n) is 2.19. The summed E-state index contributed by atoms with van der Waals surface area (Å²) in [6.07, 6.45) is 1.05. The first kappa shape index (κ1) is 16.3. The molecular formula is C18H22N2OS. The molecule has 22 heavy (non-hydrogen) atoms. The first-order valence-corrected chi connectivity index (χ1v) is 7.83. The molecule has 0 saturated carbocycles. The smallest absolute Gasteiger partial charge is 0.171 e. The van der Waals surface area contributed by atoms with Crippen LogP contribution in [0.15, 0.2) is 48.5 Å². The van der Waals surface area contributed by atoms with E-state index in [0.717, 1.165) is 17.9 Å². The van der Waals surface area contributed by atoms with Gasteiger partial charge in [-0.3, -0.25) is 0 Å². The van der Waals surface area contributed by atoms with Crippen LogP contribution in [-0.4, -0.2) is 12.2 Å². The molecule has 0 aliphatic rings. The van der Waals surface area contributed by atoms with Gasteiger partial charge in [-0.15, -0.1) is 0 Å². The van der Waals surface area contributed by atoms with E-state index in [1.165, 1.54) is 11.1 Å². The molecule has 2 rings (SSSR count). The van der Waals surface area contributed by atoms with Gasteiger partial charge in [0, 0.05) is 11.8 Å². The monoisotopic (exact) mass is 314 g/mol. The van der Waals surface area contributed by atoms with Crippen molar-refractivity contribution in [3.8, 4) is 5.75 Å². The first-order valence-electron chi connectivity index (χ1n) is 7.42. The highest BCUT2D eigenvalue weighted by molar-refractivity contribution is 7.80. The third-order valence-corrected chi connectivity index (χ3v) is 3.78. The minimum absolute atomic E-state index is 0.150. The standard InChI is InChI=1S/C18H22N2OS/c1-4-14-8-10-15(11-9-14)13(2)19-18(22)20-16-6-5-7-17(12-16)21-3/h5-13H,4H2,1-3H3,(H2,19,20,22)/t13-/m1/s1. The molecule has 0 aliphatic heterocycles. The fraction of sp³-hybridized carbons (Fsp3) is 0.278. The average molecular weight is 314 g/mol. The highest BCUT2D eigenvalue weighted by atomic mass is 32.1. The summed E-state index contributed by atoms with van der Waals surface area (Å²) in [6, 6.07) is 16.5. The first-order chi connectivity index (χ1) is 10.6. The Morgan fingerprint density at radius 2 is 1.91 bits per heavy atom. The zero-order valence-electron chi connectivity index (χ0n) is 13.2. The van der Waals surface area contributed by atoms with Gasteiger partial charge in [0.05, 0.1) is 13.2 Å². The van der Waals surface area contributed by atoms with Crippen molar-refractivity contribution in [1.29, 1.82) is 0 Å². The summed E-state index contributed by atoms with van der Waals surface area (Å²) in [5, 5.41) is 7.08. The van der Waals surface area contributed by atoms with E-state index in [-0.39, 0.29) is 6.04 Å². The van der Waals surface area contributed by atoms with Gasteiger partial charge in [-0.05, 0) is 48.8 Å². The number of rotatable bonds is 5. The Labute approximate surface area is 137 Å². The van der Waals surface area contributed by atoms with Crippen LogP contribution >= 0.6 is 12.2 Å². The van der Waals surface area contributed by atoms with Gasteiger partial charge in [-0.1, -0.05) is 37.3 Å². The Balaban J connectivity index is 1.95. The van der Waals surface area contributed by atoms with Crippen molar-refractivity contribution in [2.24, 2.45) is 0 Å². The molecule has 0 amide bonds. The Kier molecular flexibility index (Phi) is 5.78. The fourth-order valence-corrected chi connectivity index (χ4v) is 2.48. The largest absolute Gasteiger partial charge is 0.497 e. The number of hydrogen-bond acceptors (Lipinski definition) is 2. The van der Waals surface area contributed by atoms with Crippen LogP contribution in [0.25, 0.3) is 0 Å². The molecule has 2 aromatic carbocycles. The summed E-state index contributed by atoms with van der Waals surface area (Å²) in [6.45, 7) is 4.25. The van der Waals surface area contributed by atoms with E-state index < -0.39 is 0 Å². The summed E-state index contributed by atoms with van der Waals surface area (Å²) in [5.41, 5.74) is 3.46. The van der Waals surface area contributed by atoms with Gasteiger partial charge in [0.1, 0.15) is 5.75 Å². The molecule has 0 bridgehead atoms. The summed E-state index contributed by atoms with van der Waals surface area (Å²) < 4.78 is 5.20. The second-order valence-electron chi connectivity index (χ2n) is 5.15. The van der Waals surface area contributed by atoms with E-state index >= 15 is 0 Å². The van der Waals surface area contributed by atoms with Gasteiger partial charge in [-0.2, -0.15) is 0 Å². The van der Waals surface area contributed by atoms with Crippen molar-refractivity contribution in [3.63, 3.8) is 0 Å². The lowest BCUT2D eigenvalue weighted by Gasteiger charge is -2.18. The number of thiocarbonyl (C=S) groups is 1. The van der Waals surface area contributed by atoms with Crippen LogP contribution in [0, 0.1) is 0 Å². The quantitative estimate of drug-likeness (QED) is 0.806. The predicted octanol–water partition coefficient (Wildman–Crippen LogP) is 4.31. The van der Waals surface area contributed by atoms with Gasteiger partial charge in [0.2, 0.25) is 0 Å². The Morgan fingerprint density at radius 3 is 2.55 bits per heavy atom. The molecule has 0 unspecified atom stereocenters. The number of ether oxygens (including phenoxy) is 1. The second kappa shape index (κ2) is 7.80. The summed E-state index contributed by atoms with van der Waals surface area (Å²) >= 11 is 5.38. The van der Waals surface area contributed by atoms with E-state index in [0.29, 0.717) is 5.11 Å². The Bertz CT molecular complexity index is 625. The Morgan fingerprint density at radius 1 is 1.18 bits per heavy atom. The van der Waals surface area contributed by atoms with Crippen LogP contribution in [0.4, 0.5) is 5.69 Å². The normalized spacial score (nSPS) is 11.6. The van der Waals surface area contributed by atoms with Crippen molar-refractivity contribution >= 4 is 23.0 Å². The SMILES string of the molecule is CCc1ccc([C@@H](C)NC(=S)Nc2cccc(OC)c2)cc1. The Hall–Kier alpha value is -2.07. The lowest BCUT2D eigenvalue weighted by Crippen LogP contribution is -2.30. The maximum atomic E-state index is 5.38. The topological polar surface area (TPSA) is 33.3 Å². The van der Waals surface area contributed by atoms with Gasteiger partial charge in [-0.25, -0.2) is 0 Å². The maximum absolute atomic E-state index is 5.38. The van der Waals surface area contributed by atoms with E-state index in [2.05, 4.69) is 48.7 Å². The van der Waals surface area contributed by atoms with Crippen LogP contribution in [0.1, 0.15) is 31.0 Å². The van der Waals surface area contributed by atoms with Crippen LogP contribution in [0.5, 0.6) is 5.75 Å². The molecule has 2 aromatic rings. The van der Waals surface area contributed by atoms with Crippen molar-refractivity contribution in [2.75, 3.05) is 12.4 Å². The van der Waals surface area contributed by atoms with E-state index in [4.69, 9.17) is 17.0 Å². The number of benzene rings is 2. The van der Waals surface area contributed by atoms with Crippen molar-refractivity contribution < 1.29 is 4.74 Å². The number of aryl methyl sites for hydroxylation is 1. The van der Waals surface area contributed by atoms with Crippen molar-refractivity contribution in [2.45, 2.75) is 26.3 Å². The molecule has 0 spiro atoms. The van der Waals surface area contributed by atoms with Crippen LogP contribution in [0.2, 0.25) is 0 Å². The minimum atomic E-state index is 0.150. The van der Waals surface area contributed by atoms with Crippen LogP contribution < -0.4 is 15.4 Å². The average Bonchev–Trinajstić information content (AvgIpc) is 2.55. The highest BCUT2D eigenvalue weighted by Gasteiger charge is 2.07. The summed E-state index contributed by atoms with van der Waals surface area (Å²) in [4.78, 5) is 0. The molecule has 0 heterocycles. The minimum Gasteiger partial charge on any atom is -0.497 e. The molecule has 1 atom stereocenters. The van der Waals surface area contributed by atoms with Gasteiger partial charge >= 0.3 is 0 Å². The molecule has 0 radical (unpaired) electrons. The van der Waals surface area contributed by atoms with Gasteiger partial charge in [0.15, 0.2) is 5.11 Å². The zero-order chi connectivity index (χ0) is 15.9. The summed E-state index contributed by atoms with van der Waals surface area (Å²) in [7, 11) is 1.65. The molecule has 2 N–H and O–H groups in total. The molecule has 3 nitrogen and oxygen atoms in total. The molecule has 0 aromatic heterocycles. The van der Waals surface area contributed by atoms with Crippen molar-refractivity contribution in [3.05, 3.63) is 59.7 Å². The molecule has 0 fully saturated rings.